The normalized spacial score (nSPS) is 27.2. The van der Waals surface area contributed by atoms with Crippen LogP contribution < -0.4 is 10.6 Å². The number of carbonyl (C=O) groups excluding carboxylic acids is 3. The summed E-state index contributed by atoms with van der Waals surface area (Å²) in [6, 6.07) is 4.99. The summed E-state index contributed by atoms with van der Waals surface area (Å²) in [6.45, 7) is 6.14. The summed E-state index contributed by atoms with van der Waals surface area (Å²) in [4.78, 5) is 47.7. The lowest BCUT2D eigenvalue weighted by Gasteiger charge is -2.20. The summed E-state index contributed by atoms with van der Waals surface area (Å²) in [7, 11) is 0. The number of rotatable bonds is 9. The van der Waals surface area contributed by atoms with Crippen LogP contribution >= 0.6 is 0 Å². The van der Waals surface area contributed by atoms with Gasteiger partial charge in [0.25, 0.3) is 5.69 Å². The zero-order valence-corrected chi connectivity index (χ0v) is 16.8. The molecule has 2 fully saturated rings. The lowest BCUT2D eigenvalue weighted by Crippen LogP contribution is -2.51. The Hall–Kier alpha value is -3.07. The molecule has 1 saturated carbocycles. The molecule has 1 aromatic rings. The number of nitro groups is 1. The highest BCUT2D eigenvalue weighted by Crippen LogP contribution is 2.45. The Kier molecular flexibility index (Phi) is 6.31. The highest BCUT2D eigenvalue weighted by Gasteiger charge is 2.61. The fourth-order valence-corrected chi connectivity index (χ4v) is 3.88. The van der Waals surface area contributed by atoms with E-state index >= 15 is 0 Å². The third kappa shape index (κ3) is 4.40. The molecule has 3 rings (SSSR count). The van der Waals surface area contributed by atoms with E-state index in [9.17, 15) is 24.5 Å². The smallest absolute Gasteiger partial charge is 0.332 e. The summed E-state index contributed by atoms with van der Waals surface area (Å²) >= 11 is 0. The van der Waals surface area contributed by atoms with Crippen LogP contribution in [0, 0.1) is 22.0 Å². The lowest BCUT2D eigenvalue weighted by atomic mass is 9.95. The number of benzene rings is 1. The summed E-state index contributed by atoms with van der Waals surface area (Å²) in [6.07, 6.45) is 2.80. The van der Waals surface area contributed by atoms with Gasteiger partial charge in [-0.05, 0) is 44.4 Å². The van der Waals surface area contributed by atoms with Crippen LogP contribution in [0.5, 0.6) is 0 Å². The number of carbonyl (C=O) groups is 3. The van der Waals surface area contributed by atoms with E-state index in [-0.39, 0.29) is 42.2 Å². The van der Waals surface area contributed by atoms with Gasteiger partial charge in [-0.3, -0.25) is 19.7 Å². The number of ether oxygens (including phenoxy) is 1. The molecule has 9 heteroatoms. The first-order valence-electron chi connectivity index (χ1n) is 9.93. The Morgan fingerprint density at radius 1 is 1.37 bits per heavy atom. The van der Waals surface area contributed by atoms with Gasteiger partial charge >= 0.3 is 5.97 Å². The summed E-state index contributed by atoms with van der Waals surface area (Å²) < 4.78 is 5.10. The summed E-state index contributed by atoms with van der Waals surface area (Å²) in [5.41, 5.74) is -0.704. The van der Waals surface area contributed by atoms with Crippen molar-refractivity contribution in [3.63, 3.8) is 0 Å². The van der Waals surface area contributed by atoms with Gasteiger partial charge < -0.3 is 15.4 Å². The molecule has 1 amide bonds. The van der Waals surface area contributed by atoms with Crippen molar-refractivity contribution in [2.24, 2.45) is 11.8 Å². The van der Waals surface area contributed by atoms with E-state index in [1.807, 2.05) is 0 Å². The number of nitro benzene ring substituents is 1. The van der Waals surface area contributed by atoms with Crippen LogP contribution in [-0.4, -0.2) is 47.3 Å². The summed E-state index contributed by atoms with van der Waals surface area (Å²) in [5, 5.41) is 16.7. The lowest BCUT2D eigenvalue weighted by molar-refractivity contribution is -0.384. The Balaban J connectivity index is 1.55. The molecule has 0 spiro atoms. The average Bonchev–Trinajstić information content (AvgIpc) is 3.25. The number of esters is 1. The first kappa shape index (κ1) is 21.6. The van der Waals surface area contributed by atoms with Gasteiger partial charge in [0.1, 0.15) is 5.54 Å². The van der Waals surface area contributed by atoms with Gasteiger partial charge in [0.15, 0.2) is 5.78 Å². The topological polar surface area (TPSA) is 128 Å². The molecule has 2 N–H and O–H groups in total. The van der Waals surface area contributed by atoms with E-state index in [0.29, 0.717) is 24.9 Å². The van der Waals surface area contributed by atoms with E-state index in [1.54, 1.807) is 13.0 Å². The molecule has 1 heterocycles. The number of hydrogen-bond acceptors (Lipinski definition) is 7. The van der Waals surface area contributed by atoms with Crippen LogP contribution in [0.15, 0.2) is 36.9 Å². The Morgan fingerprint density at radius 3 is 2.63 bits per heavy atom. The molecule has 1 aliphatic carbocycles. The predicted octanol–water partition coefficient (Wildman–Crippen LogP) is 1.77. The molecule has 2 aliphatic rings. The standard InChI is InChI=1S/C21H25N3O6/c1-3-15-11-21(15,20(27)30-4-2)23-19(26)17-9-13(12-22-17)10-18(25)14-5-7-16(8-6-14)24(28)29/h3,5-8,13,15,17,22H,1,4,9-12H2,2H3,(H,23,26)/t13-,15+,17-,21+/m0/s1. The molecule has 1 aromatic carbocycles. The van der Waals surface area contributed by atoms with Crippen molar-refractivity contribution in [1.82, 2.24) is 10.6 Å². The molecule has 0 radical (unpaired) electrons. The van der Waals surface area contributed by atoms with Crippen molar-refractivity contribution in [3.05, 3.63) is 52.6 Å². The monoisotopic (exact) mass is 415 g/mol. The number of nitrogens with zero attached hydrogens (tertiary/aromatic N) is 1. The van der Waals surface area contributed by atoms with Gasteiger partial charge in [-0.2, -0.15) is 0 Å². The molecule has 0 bridgehead atoms. The van der Waals surface area contributed by atoms with Crippen LogP contribution in [0.3, 0.4) is 0 Å². The van der Waals surface area contributed by atoms with Crippen molar-refractivity contribution in [1.29, 1.82) is 0 Å². The maximum absolute atomic E-state index is 12.7. The van der Waals surface area contributed by atoms with E-state index in [0.717, 1.165) is 0 Å². The largest absolute Gasteiger partial charge is 0.464 e. The van der Waals surface area contributed by atoms with Crippen molar-refractivity contribution in [2.75, 3.05) is 13.2 Å². The Bertz CT molecular complexity index is 868. The highest BCUT2D eigenvalue weighted by molar-refractivity contribution is 5.97. The maximum Gasteiger partial charge on any atom is 0.332 e. The first-order valence-corrected chi connectivity index (χ1v) is 9.93. The van der Waals surface area contributed by atoms with E-state index in [4.69, 9.17) is 4.74 Å². The Labute approximate surface area is 174 Å². The van der Waals surface area contributed by atoms with E-state index in [2.05, 4.69) is 17.2 Å². The molecule has 0 unspecified atom stereocenters. The fourth-order valence-electron chi connectivity index (χ4n) is 3.88. The van der Waals surface area contributed by atoms with Crippen molar-refractivity contribution >= 4 is 23.3 Å². The minimum absolute atomic E-state index is 0.0450. The average molecular weight is 415 g/mol. The minimum atomic E-state index is -1.04. The number of amides is 1. The fraction of sp³-hybridized carbons (Fsp3) is 0.476. The molecule has 4 atom stereocenters. The molecule has 1 aliphatic heterocycles. The summed E-state index contributed by atoms with van der Waals surface area (Å²) in [5.74, 6) is -1.07. The zero-order chi connectivity index (χ0) is 21.9. The van der Waals surface area contributed by atoms with Crippen LogP contribution in [0.2, 0.25) is 0 Å². The number of Topliss-reactive ketones (excluding diaryl/α,β-unsaturated/α-hetero) is 1. The van der Waals surface area contributed by atoms with Crippen LogP contribution in [0.4, 0.5) is 5.69 Å². The van der Waals surface area contributed by atoms with E-state index in [1.165, 1.54) is 24.3 Å². The van der Waals surface area contributed by atoms with Gasteiger partial charge in [-0.1, -0.05) is 6.08 Å². The molecular weight excluding hydrogens is 390 g/mol. The predicted molar refractivity (Wildman–Crippen MR) is 108 cm³/mol. The Morgan fingerprint density at radius 2 is 2.07 bits per heavy atom. The van der Waals surface area contributed by atoms with Crippen molar-refractivity contribution in [2.45, 2.75) is 37.8 Å². The maximum atomic E-state index is 12.7. The first-order chi connectivity index (χ1) is 14.3. The SMILES string of the molecule is C=C[C@@H]1C[C@]1(NC(=O)[C@@H]1C[C@@H](CC(=O)c2ccc([N+](=O)[O-])cc2)CN1)C(=O)OCC. The van der Waals surface area contributed by atoms with Gasteiger partial charge in [0, 0.05) is 30.0 Å². The zero-order valence-electron chi connectivity index (χ0n) is 16.8. The minimum Gasteiger partial charge on any atom is -0.464 e. The van der Waals surface area contributed by atoms with Crippen LogP contribution in [-0.2, 0) is 14.3 Å². The van der Waals surface area contributed by atoms with Crippen LogP contribution in [0.25, 0.3) is 0 Å². The molecule has 9 nitrogen and oxygen atoms in total. The van der Waals surface area contributed by atoms with E-state index < -0.39 is 22.5 Å². The van der Waals surface area contributed by atoms with Gasteiger partial charge in [-0.25, -0.2) is 4.79 Å². The number of hydrogen-bond donors (Lipinski definition) is 2. The number of nitrogens with one attached hydrogen (secondary N) is 2. The molecule has 1 saturated heterocycles. The van der Waals surface area contributed by atoms with Crippen molar-refractivity contribution in [3.8, 4) is 0 Å². The molecule has 160 valence electrons. The second-order valence-corrected chi connectivity index (χ2v) is 7.72. The second-order valence-electron chi connectivity index (χ2n) is 7.72. The van der Waals surface area contributed by atoms with Gasteiger partial charge in [-0.15, -0.1) is 6.58 Å². The van der Waals surface area contributed by atoms with Crippen molar-refractivity contribution < 1.29 is 24.0 Å². The molecule has 0 aromatic heterocycles. The van der Waals surface area contributed by atoms with Crippen LogP contribution in [0.1, 0.15) is 36.5 Å². The van der Waals surface area contributed by atoms with Gasteiger partial charge in [0.05, 0.1) is 17.6 Å². The molecular formula is C21H25N3O6. The highest BCUT2D eigenvalue weighted by atomic mass is 16.6. The number of ketones is 1. The third-order valence-electron chi connectivity index (χ3n) is 5.70. The van der Waals surface area contributed by atoms with Gasteiger partial charge in [0.2, 0.25) is 5.91 Å². The quantitative estimate of drug-likeness (QED) is 0.207. The third-order valence-corrected chi connectivity index (χ3v) is 5.70. The second kappa shape index (κ2) is 8.74. The number of non-ortho nitro benzene ring substituents is 1. The molecule has 30 heavy (non-hydrogen) atoms.